The van der Waals surface area contributed by atoms with Crippen molar-refractivity contribution in [3.05, 3.63) is 0 Å². The van der Waals surface area contributed by atoms with Gasteiger partial charge in [-0.2, -0.15) is 0 Å². The van der Waals surface area contributed by atoms with Gasteiger partial charge in [-0.05, 0) is 33.1 Å². The van der Waals surface area contributed by atoms with Crippen molar-refractivity contribution in [2.75, 3.05) is 19.8 Å². The first-order valence-corrected chi connectivity index (χ1v) is 4.98. The van der Waals surface area contributed by atoms with Crippen molar-refractivity contribution >= 4 is 5.97 Å². The summed E-state index contributed by atoms with van der Waals surface area (Å²) in [4.78, 5) is 10.1. The highest BCUT2D eigenvalue weighted by Crippen LogP contribution is 2.12. The zero-order chi connectivity index (χ0) is 12.3. The molecule has 0 aromatic heterocycles. The molecule has 0 rings (SSSR count). The normalized spacial score (nSPS) is 10.5. The average molecular weight is 222 g/mol. The van der Waals surface area contributed by atoms with Gasteiger partial charge >= 0.3 is 5.97 Å². The van der Waals surface area contributed by atoms with Gasteiger partial charge in [0.25, 0.3) is 0 Å². The third-order valence-electron chi connectivity index (χ3n) is 1.79. The number of unbranched alkanes of at least 4 members (excludes halogenated alkanes) is 2. The lowest BCUT2D eigenvalue weighted by Gasteiger charge is -2.13. The van der Waals surface area contributed by atoms with E-state index in [0.717, 1.165) is 19.3 Å². The third kappa shape index (κ3) is 11.3. The molecule has 5 nitrogen and oxygen atoms in total. The van der Waals surface area contributed by atoms with Crippen molar-refractivity contribution < 1.29 is 25.2 Å². The Morgan fingerprint density at radius 2 is 1.40 bits per heavy atom. The van der Waals surface area contributed by atoms with Crippen LogP contribution in [0.4, 0.5) is 0 Å². The molecule has 92 valence electrons. The Kier molecular flexibility index (Phi) is 11.1. The van der Waals surface area contributed by atoms with E-state index in [1.807, 2.05) is 0 Å². The van der Waals surface area contributed by atoms with E-state index < -0.39 is 11.4 Å². The quantitative estimate of drug-likeness (QED) is 0.482. The maximum absolute atomic E-state index is 10.1. The summed E-state index contributed by atoms with van der Waals surface area (Å²) in [5.41, 5.74) is -0.986. The summed E-state index contributed by atoms with van der Waals surface area (Å²) >= 11 is 0. The van der Waals surface area contributed by atoms with Crippen LogP contribution in [0.1, 0.15) is 33.1 Å². The minimum Gasteiger partial charge on any atom is -0.481 e. The fourth-order valence-corrected chi connectivity index (χ4v) is 0.468. The van der Waals surface area contributed by atoms with Gasteiger partial charge in [0.05, 0.1) is 12.0 Å². The second kappa shape index (κ2) is 9.89. The zero-order valence-corrected chi connectivity index (χ0v) is 9.44. The van der Waals surface area contributed by atoms with Gasteiger partial charge in [-0.15, -0.1) is 0 Å². The molecule has 0 aromatic carbocycles. The SMILES string of the molecule is CC(C)(CO)C(=O)O.OCCCCCO. The summed E-state index contributed by atoms with van der Waals surface area (Å²) in [6.45, 7) is 3.12. The molecule has 0 unspecified atom stereocenters. The van der Waals surface area contributed by atoms with Gasteiger partial charge in [-0.25, -0.2) is 0 Å². The molecule has 5 heteroatoms. The molecule has 0 heterocycles. The van der Waals surface area contributed by atoms with Gasteiger partial charge in [0.1, 0.15) is 0 Å². The molecule has 0 spiro atoms. The van der Waals surface area contributed by atoms with Gasteiger partial charge in [-0.1, -0.05) is 0 Å². The van der Waals surface area contributed by atoms with E-state index in [1.54, 1.807) is 0 Å². The highest BCUT2D eigenvalue weighted by molar-refractivity contribution is 5.73. The summed E-state index contributed by atoms with van der Waals surface area (Å²) in [5, 5.41) is 33.1. The maximum atomic E-state index is 10.1. The molecule has 0 saturated carbocycles. The van der Waals surface area contributed by atoms with E-state index in [9.17, 15) is 4.79 Å². The molecule has 15 heavy (non-hydrogen) atoms. The zero-order valence-electron chi connectivity index (χ0n) is 9.44. The second-order valence-corrected chi connectivity index (χ2v) is 3.86. The highest BCUT2D eigenvalue weighted by Gasteiger charge is 2.25. The Bertz CT molecular complexity index is 152. The summed E-state index contributed by atoms with van der Waals surface area (Å²) in [5.74, 6) is -0.972. The monoisotopic (exact) mass is 222 g/mol. The van der Waals surface area contributed by atoms with Crippen molar-refractivity contribution in [1.29, 1.82) is 0 Å². The van der Waals surface area contributed by atoms with Crippen LogP contribution in [0.5, 0.6) is 0 Å². The molecule has 4 N–H and O–H groups in total. The van der Waals surface area contributed by atoms with Crippen LogP contribution < -0.4 is 0 Å². The van der Waals surface area contributed by atoms with Gasteiger partial charge in [0, 0.05) is 13.2 Å². The van der Waals surface area contributed by atoms with E-state index in [0.29, 0.717) is 0 Å². The number of carboxylic acids is 1. The third-order valence-corrected chi connectivity index (χ3v) is 1.79. The number of rotatable bonds is 6. The van der Waals surface area contributed by atoms with Crippen molar-refractivity contribution in [3.8, 4) is 0 Å². The molecule has 0 fully saturated rings. The molecule has 0 saturated heterocycles. The van der Waals surface area contributed by atoms with Gasteiger partial charge < -0.3 is 20.4 Å². The Hall–Kier alpha value is -0.650. The summed E-state index contributed by atoms with van der Waals surface area (Å²) in [6, 6.07) is 0. The number of aliphatic hydroxyl groups excluding tert-OH is 3. The van der Waals surface area contributed by atoms with Crippen LogP contribution >= 0.6 is 0 Å². The Morgan fingerprint density at radius 3 is 1.53 bits per heavy atom. The van der Waals surface area contributed by atoms with Crippen LogP contribution in [0.2, 0.25) is 0 Å². The molecule has 0 atom stereocenters. The standard InChI is InChI=1S/C5H10O3.C5H12O2/c1-5(2,3-6)4(7)8;6-4-2-1-3-5-7/h6H,3H2,1-2H3,(H,7,8);6-7H,1-5H2. The lowest BCUT2D eigenvalue weighted by molar-refractivity contribution is -0.148. The molecule has 0 amide bonds. The molecule has 0 bridgehead atoms. The average Bonchev–Trinajstić information content (AvgIpc) is 2.19. The van der Waals surface area contributed by atoms with E-state index in [4.69, 9.17) is 20.4 Å². The van der Waals surface area contributed by atoms with E-state index in [1.165, 1.54) is 13.8 Å². The van der Waals surface area contributed by atoms with Crippen molar-refractivity contribution in [2.45, 2.75) is 33.1 Å². The molecule has 0 aliphatic carbocycles. The Morgan fingerprint density at radius 1 is 1.00 bits per heavy atom. The molecule has 0 aromatic rings. The van der Waals surface area contributed by atoms with Crippen LogP contribution in [0, 0.1) is 5.41 Å². The fourth-order valence-electron chi connectivity index (χ4n) is 0.468. The first-order valence-electron chi connectivity index (χ1n) is 4.98. The van der Waals surface area contributed by atoms with Crippen LogP contribution in [0.15, 0.2) is 0 Å². The van der Waals surface area contributed by atoms with Crippen LogP contribution in [-0.2, 0) is 4.79 Å². The van der Waals surface area contributed by atoms with Crippen molar-refractivity contribution in [3.63, 3.8) is 0 Å². The number of carboxylic acid groups (broad SMARTS) is 1. The van der Waals surface area contributed by atoms with E-state index in [2.05, 4.69) is 0 Å². The Labute approximate surface area is 90.4 Å². The summed E-state index contributed by atoms with van der Waals surface area (Å²) in [6.07, 6.45) is 2.58. The maximum Gasteiger partial charge on any atom is 0.311 e. The number of hydrogen-bond acceptors (Lipinski definition) is 4. The molecule has 0 aliphatic rings. The lowest BCUT2D eigenvalue weighted by Crippen LogP contribution is -2.27. The number of hydrogen-bond donors (Lipinski definition) is 4. The topological polar surface area (TPSA) is 98.0 Å². The molecular weight excluding hydrogens is 200 g/mol. The van der Waals surface area contributed by atoms with Crippen LogP contribution in [0.25, 0.3) is 0 Å². The predicted molar refractivity (Wildman–Crippen MR) is 56.5 cm³/mol. The lowest BCUT2D eigenvalue weighted by atomic mass is 9.96. The van der Waals surface area contributed by atoms with Crippen molar-refractivity contribution in [2.24, 2.45) is 5.41 Å². The predicted octanol–water partition coefficient (Wildman–Crippen LogP) is 0.231. The first-order chi connectivity index (χ1) is 6.92. The van der Waals surface area contributed by atoms with Gasteiger partial charge in [-0.3, -0.25) is 4.79 Å². The number of aliphatic carboxylic acids is 1. The Balaban J connectivity index is 0. The smallest absolute Gasteiger partial charge is 0.311 e. The van der Waals surface area contributed by atoms with Crippen LogP contribution in [0.3, 0.4) is 0 Å². The second-order valence-electron chi connectivity index (χ2n) is 3.86. The first kappa shape index (κ1) is 16.8. The number of aliphatic hydroxyl groups is 3. The van der Waals surface area contributed by atoms with Crippen LogP contribution in [-0.4, -0.2) is 46.2 Å². The van der Waals surface area contributed by atoms with Gasteiger partial charge in [0.2, 0.25) is 0 Å². The minimum absolute atomic E-state index is 0.250. The minimum atomic E-state index is -0.986. The molecule has 0 aliphatic heterocycles. The summed E-state index contributed by atoms with van der Waals surface area (Å²) < 4.78 is 0. The summed E-state index contributed by atoms with van der Waals surface area (Å²) in [7, 11) is 0. The van der Waals surface area contributed by atoms with E-state index in [-0.39, 0.29) is 19.8 Å². The fraction of sp³-hybridized carbons (Fsp3) is 0.900. The van der Waals surface area contributed by atoms with Crippen molar-refractivity contribution in [1.82, 2.24) is 0 Å². The molecular formula is C10H22O5. The highest BCUT2D eigenvalue weighted by atomic mass is 16.4. The largest absolute Gasteiger partial charge is 0.481 e. The molecule has 0 radical (unpaired) electrons. The number of carbonyl (C=O) groups is 1. The van der Waals surface area contributed by atoms with Gasteiger partial charge in [0.15, 0.2) is 0 Å². The van der Waals surface area contributed by atoms with E-state index >= 15 is 0 Å².